The number of para-hydroxylation sites is 1. The molecule has 1 atom stereocenters. The number of aryl methyl sites for hydroxylation is 1. The van der Waals surface area contributed by atoms with Gasteiger partial charge < -0.3 is 4.90 Å². The highest BCUT2D eigenvalue weighted by Crippen LogP contribution is 2.16. The van der Waals surface area contributed by atoms with Gasteiger partial charge in [-0.3, -0.25) is 4.79 Å². The third-order valence-corrected chi connectivity index (χ3v) is 4.97. The SMILES string of the molecule is Cc1nn(-c2ccccc2)c(C)c1C[NH+](C)Cn1nnc2ccccc2c1=O. The molecule has 0 fully saturated rings. The highest BCUT2D eigenvalue weighted by Gasteiger charge is 2.17. The lowest BCUT2D eigenvalue weighted by molar-refractivity contribution is -0.917. The van der Waals surface area contributed by atoms with E-state index >= 15 is 0 Å². The fourth-order valence-corrected chi connectivity index (χ4v) is 3.49. The predicted octanol–water partition coefficient (Wildman–Crippen LogP) is 1.27. The minimum absolute atomic E-state index is 0.113. The first-order valence-electron chi connectivity index (χ1n) is 9.29. The summed E-state index contributed by atoms with van der Waals surface area (Å²) in [6.07, 6.45) is 0. The van der Waals surface area contributed by atoms with Crippen LogP contribution in [0.1, 0.15) is 17.0 Å². The van der Waals surface area contributed by atoms with E-state index in [0.717, 1.165) is 28.5 Å². The molecule has 2 heterocycles. The molecule has 7 nitrogen and oxygen atoms in total. The molecule has 0 bridgehead atoms. The van der Waals surface area contributed by atoms with E-state index in [0.29, 0.717) is 17.6 Å². The summed E-state index contributed by atoms with van der Waals surface area (Å²) >= 11 is 0. The molecule has 0 amide bonds. The summed E-state index contributed by atoms with van der Waals surface area (Å²) in [5, 5.41) is 13.6. The zero-order valence-corrected chi connectivity index (χ0v) is 16.3. The third-order valence-electron chi connectivity index (χ3n) is 4.97. The highest BCUT2D eigenvalue weighted by atomic mass is 16.1. The van der Waals surface area contributed by atoms with E-state index in [1.165, 1.54) is 10.2 Å². The number of aromatic nitrogens is 5. The van der Waals surface area contributed by atoms with Crippen molar-refractivity contribution in [3.05, 3.63) is 81.9 Å². The lowest BCUT2D eigenvalue weighted by Gasteiger charge is -2.15. The third kappa shape index (κ3) is 3.32. The second kappa shape index (κ2) is 7.36. The number of benzene rings is 2. The van der Waals surface area contributed by atoms with E-state index in [2.05, 4.69) is 17.2 Å². The van der Waals surface area contributed by atoms with Crippen LogP contribution in [0.4, 0.5) is 0 Å². The van der Waals surface area contributed by atoms with Crippen molar-refractivity contribution in [2.24, 2.45) is 0 Å². The van der Waals surface area contributed by atoms with Gasteiger partial charge >= 0.3 is 0 Å². The molecule has 0 saturated heterocycles. The van der Waals surface area contributed by atoms with Crippen molar-refractivity contribution in [3.63, 3.8) is 0 Å². The summed E-state index contributed by atoms with van der Waals surface area (Å²) in [6.45, 7) is 5.28. The molecular weight excluding hydrogens is 352 g/mol. The molecule has 4 aromatic rings. The molecule has 2 aromatic carbocycles. The monoisotopic (exact) mass is 375 g/mol. The van der Waals surface area contributed by atoms with Crippen LogP contribution < -0.4 is 10.5 Å². The molecule has 0 aliphatic carbocycles. The molecule has 4 rings (SSSR count). The van der Waals surface area contributed by atoms with Crippen molar-refractivity contribution < 1.29 is 4.90 Å². The van der Waals surface area contributed by atoms with Gasteiger partial charge in [-0.25, -0.2) is 4.68 Å². The van der Waals surface area contributed by atoms with Crippen molar-refractivity contribution in [1.29, 1.82) is 0 Å². The first kappa shape index (κ1) is 18.1. The fourth-order valence-electron chi connectivity index (χ4n) is 3.49. The maximum atomic E-state index is 12.7. The molecule has 0 saturated carbocycles. The van der Waals surface area contributed by atoms with Crippen molar-refractivity contribution in [2.75, 3.05) is 7.05 Å². The second-order valence-electron chi connectivity index (χ2n) is 7.10. The number of rotatable bonds is 5. The van der Waals surface area contributed by atoms with Gasteiger partial charge in [-0.05, 0) is 38.1 Å². The Hall–Kier alpha value is -3.32. The molecule has 1 N–H and O–H groups in total. The van der Waals surface area contributed by atoms with Crippen molar-refractivity contribution >= 4 is 10.9 Å². The molecule has 0 spiro atoms. The van der Waals surface area contributed by atoms with E-state index in [4.69, 9.17) is 5.10 Å². The van der Waals surface area contributed by atoms with Crippen LogP contribution in [0.25, 0.3) is 16.6 Å². The van der Waals surface area contributed by atoms with E-state index in [9.17, 15) is 4.79 Å². The average Bonchev–Trinajstić information content (AvgIpc) is 2.99. The van der Waals surface area contributed by atoms with Gasteiger partial charge in [0.05, 0.1) is 35.1 Å². The Morgan fingerprint density at radius 2 is 1.71 bits per heavy atom. The average molecular weight is 375 g/mol. The zero-order valence-electron chi connectivity index (χ0n) is 16.3. The van der Waals surface area contributed by atoms with Gasteiger partial charge in [-0.2, -0.15) is 9.78 Å². The number of nitrogens with one attached hydrogen (secondary N) is 1. The Balaban J connectivity index is 1.58. The first-order chi connectivity index (χ1) is 13.5. The molecule has 0 aliphatic rings. The topological polar surface area (TPSA) is 70.0 Å². The van der Waals surface area contributed by atoms with Crippen molar-refractivity contribution in [2.45, 2.75) is 27.1 Å². The van der Waals surface area contributed by atoms with Crippen molar-refractivity contribution in [1.82, 2.24) is 24.8 Å². The molecule has 0 aliphatic heterocycles. The van der Waals surface area contributed by atoms with Gasteiger partial charge in [0.1, 0.15) is 12.1 Å². The molecule has 7 heteroatoms. The van der Waals surface area contributed by atoms with Crippen LogP contribution in [0.15, 0.2) is 59.4 Å². The van der Waals surface area contributed by atoms with Gasteiger partial charge in [0.2, 0.25) is 0 Å². The summed E-state index contributed by atoms with van der Waals surface area (Å²) in [6, 6.07) is 17.4. The Bertz CT molecular complexity index is 1180. The van der Waals surface area contributed by atoms with E-state index in [1.807, 2.05) is 61.1 Å². The number of fused-ring (bicyclic) bond motifs is 1. The summed E-state index contributed by atoms with van der Waals surface area (Å²) in [5.41, 5.74) is 4.85. The van der Waals surface area contributed by atoms with Gasteiger partial charge in [-0.1, -0.05) is 35.5 Å². The Morgan fingerprint density at radius 3 is 2.50 bits per heavy atom. The fraction of sp³-hybridized carbons (Fsp3) is 0.238. The van der Waals surface area contributed by atoms with Crippen LogP contribution in [0.5, 0.6) is 0 Å². The minimum atomic E-state index is -0.113. The maximum Gasteiger partial charge on any atom is 0.282 e. The molecule has 28 heavy (non-hydrogen) atoms. The van der Waals surface area contributed by atoms with E-state index < -0.39 is 0 Å². The number of hydrogen-bond acceptors (Lipinski definition) is 4. The molecular formula is C21H23N6O+. The smallest absolute Gasteiger partial charge is 0.282 e. The Morgan fingerprint density at radius 1 is 1.00 bits per heavy atom. The van der Waals surface area contributed by atoms with Crippen LogP contribution in [0, 0.1) is 13.8 Å². The predicted molar refractivity (Wildman–Crippen MR) is 107 cm³/mol. The van der Waals surface area contributed by atoms with Crippen LogP contribution in [-0.4, -0.2) is 31.8 Å². The quantitative estimate of drug-likeness (QED) is 0.570. The molecule has 1 unspecified atom stereocenters. The molecule has 142 valence electrons. The van der Waals surface area contributed by atoms with Gasteiger partial charge in [-0.15, -0.1) is 5.10 Å². The van der Waals surface area contributed by atoms with Gasteiger partial charge in [0.25, 0.3) is 5.56 Å². The number of hydrogen-bond donors (Lipinski definition) is 1. The second-order valence-corrected chi connectivity index (χ2v) is 7.10. The normalized spacial score (nSPS) is 12.4. The minimum Gasteiger partial charge on any atom is -0.315 e. The van der Waals surface area contributed by atoms with Crippen LogP contribution in [-0.2, 0) is 13.2 Å². The Kier molecular flexibility index (Phi) is 4.75. The summed E-state index contributed by atoms with van der Waals surface area (Å²) in [4.78, 5) is 13.8. The maximum absolute atomic E-state index is 12.7. The first-order valence-corrected chi connectivity index (χ1v) is 9.29. The van der Waals surface area contributed by atoms with Gasteiger partial charge in [0, 0.05) is 0 Å². The van der Waals surface area contributed by atoms with E-state index in [-0.39, 0.29) is 5.56 Å². The number of nitrogens with zero attached hydrogens (tertiary/aromatic N) is 5. The lowest BCUT2D eigenvalue weighted by atomic mass is 10.2. The summed E-state index contributed by atoms with van der Waals surface area (Å²) < 4.78 is 3.41. The van der Waals surface area contributed by atoms with Gasteiger partial charge in [0.15, 0.2) is 6.67 Å². The largest absolute Gasteiger partial charge is 0.315 e. The lowest BCUT2D eigenvalue weighted by Crippen LogP contribution is -3.07. The zero-order chi connectivity index (χ0) is 19.7. The molecule has 0 radical (unpaired) electrons. The number of quaternary nitrogens is 1. The van der Waals surface area contributed by atoms with Crippen molar-refractivity contribution in [3.8, 4) is 5.69 Å². The highest BCUT2D eigenvalue weighted by molar-refractivity contribution is 5.76. The standard InChI is InChI=1S/C21H22N6O/c1-15-19(16(2)27(23-15)17-9-5-4-6-10-17)13-25(3)14-26-21(28)18-11-7-8-12-20(18)22-24-26/h4-12H,13-14H2,1-3H3/p+1. The van der Waals surface area contributed by atoms with Crippen LogP contribution in [0.3, 0.4) is 0 Å². The van der Waals surface area contributed by atoms with Crippen LogP contribution >= 0.6 is 0 Å². The van der Waals surface area contributed by atoms with Crippen LogP contribution in [0.2, 0.25) is 0 Å². The summed E-state index contributed by atoms with van der Waals surface area (Å²) in [7, 11) is 2.04. The molecule has 2 aromatic heterocycles. The van der Waals surface area contributed by atoms with E-state index in [1.54, 1.807) is 12.1 Å². The Labute approximate surface area is 162 Å². The summed E-state index contributed by atoms with van der Waals surface area (Å²) in [5.74, 6) is 0.